The molecule has 6 nitrogen and oxygen atoms in total. The predicted octanol–water partition coefficient (Wildman–Crippen LogP) is 3.42. The molecule has 1 N–H and O–H groups in total. The molecule has 1 aromatic heterocycles. The summed E-state index contributed by atoms with van der Waals surface area (Å²) in [4.78, 5) is 31.0. The third-order valence-electron chi connectivity index (χ3n) is 5.61. The van der Waals surface area contributed by atoms with Gasteiger partial charge in [-0.05, 0) is 49.7 Å². The van der Waals surface area contributed by atoms with Gasteiger partial charge in [-0.25, -0.2) is 4.98 Å². The van der Waals surface area contributed by atoms with E-state index in [0.717, 1.165) is 28.8 Å². The molecule has 142 valence electrons. The van der Waals surface area contributed by atoms with Crippen molar-refractivity contribution in [1.82, 2.24) is 14.5 Å². The van der Waals surface area contributed by atoms with Gasteiger partial charge in [0, 0.05) is 23.5 Å². The van der Waals surface area contributed by atoms with Crippen LogP contribution in [0.2, 0.25) is 0 Å². The van der Waals surface area contributed by atoms with Crippen LogP contribution in [-0.4, -0.2) is 42.9 Å². The zero-order chi connectivity index (χ0) is 19.3. The molecule has 5 rings (SSSR count). The van der Waals surface area contributed by atoms with Crippen molar-refractivity contribution in [2.75, 3.05) is 11.1 Å². The van der Waals surface area contributed by atoms with Crippen molar-refractivity contribution in [3.05, 3.63) is 54.9 Å². The molecule has 2 amide bonds. The van der Waals surface area contributed by atoms with E-state index in [9.17, 15) is 9.59 Å². The predicted molar refractivity (Wildman–Crippen MR) is 110 cm³/mol. The summed E-state index contributed by atoms with van der Waals surface area (Å²) in [5.41, 5.74) is 3.68. The second kappa shape index (κ2) is 6.38. The lowest BCUT2D eigenvalue weighted by atomic mass is 10.2. The lowest BCUT2D eigenvalue weighted by Crippen LogP contribution is -2.48. The molecule has 0 saturated carbocycles. The van der Waals surface area contributed by atoms with E-state index in [1.54, 1.807) is 23.0 Å². The van der Waals surface area contributed by atoms with Crippen LogP contribution in [0, 0.1) is 0 Å². The smallest absolute Gasteiger partial charge is 0.248 e. The van der Waals surface area contributed by atoms with E-state index >= 15 is 0 Å². The summed E-state index contributed by atoms with van der Waals surface area (Å²) in [6.45, 7) is 2.06. The molecule has 2 fully saturated rings. The number of rotatable bonds is 3. The minimum absolute atomic E-state index is 0.0787. The van der Waals surface area contributed by atoms with Crippen molar-refractivity contribution >= 4 is 40.3 Å². The highest BCUT2D eigenvalue weighted by molar-refractivity contribution is 8.01. The van der Waals surface area contributed by atoms with Gasteiger partial charge in [-0.1, -0.05) is 12.1 Å². The number of hydrogen-bond acceptors (Lipinski definition) is 4. The maximum absolute atomic E-state index is 12.8. The molecule has 0 bridgehead atoms. The second-order valence-corrected chi connectivity index (χ2v) is 8.91. The zero-order valence-electron chi connectivity index (χ0n) is 15.5. The number of benzene rings is 2. The standard InChI is InChI=1S/C21H20N4O2S/c1-21-11-10-19(26)25(21)18(12-28-21)20(27)23-14-6-8-15(9-7-14)24-13-22-16-4-2-3-5-17(16)24/h2-9,13,18H,10-12H2,1H3,(H,23,27)/t18-,21-/m0/s1. The van der Waals surface area contributed by atoms with Crippen LogP contribution in [0.25, 0.3) is 16.7 Å². The topological polar surface area (TPSA) is 67.2 Å². The summed E-state index contributed by atoms with van der Waals surface area (Å²) < 4.78 is 2.02. The number of para-hydroxylation sites is 2. The van der Waals surface area contributed by atoms with Crippen LogP contribution in [0.4, 0.5) is 5.69 Å². The number of aromatic nitrogens is 2. The first-order chi connectivity index (χ1) is 13.5. The Balaban J connectivity index is 1.34. The number of imidazole rings is 1. The average Bonchev–Trinajstić information content (AvgIpc) is 3.36. The summed E-state index contributed by atoms with van der Waals surface area (Å²) in [6.07, 6.45) is 3.14. The number of thioether (sulfide) groups is 1. The van der Waals surface area contributed by atoms with Crippen LogP contribution in [0.15, 0.2) is 54.9 Å². The normalized spacial score (nSPS) is 24.0. The van der Waals surface area contributed by atoms with Crippen molar-refractivity contribution in [3.63, 3.8) is 0 Å². The lowest BCUT2D eigenvalue weighted by molar-refractivity contribution is -0.135. The van der Waals surface area contributed by atoms with Gasteiger partial charge in [-0.15, -0.1) is 11.8 Å². The zero-order valence-corrected chi connectivity index (χ0v) is 16.3. The maximum Gasteiger partial charge on any atom is 0.248 e. The molecule has 2 aromatic carbocycles. The van der Waals surface area contributed by atoms with Crippen molar-refractivity contribution in [3.8, 4) is 5.69 Å². The van der Waals surface area contributed by atoms with E-state index in [0.29, 0.717) is 12.2 Å². The summed E-state index contributed by atoms with van der Waals surface area (Å²) >= 11 is 1.70. The number of nitrogens with zero attached hydrogens (tertiary/aromatic N) is 3. The highest BCUT2D eigenvalue weighted by Gasteiger charge is 2.52. The van der Waals surface area contributed by atoms with Gasteiger partial charge in [-0.3, -0.25) is 14.2 Å². The van der Waals surface area contributed by atoms with Crippen LogP contribution in [0.5, 0.6) is 0 Å². The first-order valence-corrected chi connectivity index (χ1v) is 10.3. The highest BCUT2D eigenvalue weighted by atomic mass is 32.2. The minimum Gasteiger partial charge on any atom is -0.324 e. The molecule has 0 spiro atoms. The minimum atomic E-state index is -0.401. The van der Waals surface area contributed by atoms with Crippen molar-refractivity contribution in [2.45, 2.75) is 30.7 Å². The highest BCUT2D eigenvalue weighted by Crippen LogP contribution is 2.47. The molecule has 3 heterocycles. The molecule has 2 aliphatic rings. The van der Waals surface area contributed by atoms with Crippen LogP contribution in [0.1, 0.15) is 19.8 Å². The van der Waals surface area contributed by atoms with E-state index in [1.807, 2.05) is 53.1 Å². The molecule has 2 saturated heterocycles. The number of nitrogens with one attached hydrogen (secondary N) is 1. The number of anilines is 1. The molecule has 28 heavy (non-hydrogen) atoms. The van der Waals surface area contributed by atoms with Gasteiger partial charge in [0.15, 0.2) is 0 Å². The number of amides is 2. The Labute approximate surface area is 166 Å². The Kier molecular flexibility index (Phi) is 3.94. The molecule has 2 aliphatic heterocycles. The SMILES string of the molecule is C[C@]12CCC(=O)N1[C@H](C(=O)Nc1ccc(-n3cnc4ccccc43)cc1)CS2. The van der Waals surface area contributed by atoms with Crippen LogP contribution >= 0.6 is 11.8 Å². The van der Waals surface area contributed by atoms with Gasteiger partial charge in [0.1, 0.15) is 12.4 Å². The van der Waals surface area contributed by atoms with Crippen LogP contribution in [-0.2, 0) is 9.59 Å². The van der Waals surface area contributed by atoms with Crippen molar-refractivity contribution < 1.29 is 9.59 Å². The average molecular weight is 392 g/mol. The monoisotopic (exact) mass is 392 g/mol. The Hall–Kier alpha value is -2.80. The largest absolute Gasteiger partial charge is 0.324 e. The van der Waals surface area contributed by atoms with E-state index < -0.39 is 6.04 Å². The molecular formula is C21H20N4O2S. The fourth-order valence-electron chi connectivity index (χ4n) is 4.11. The van der Waals surface area contributed by atoms with E-state index in [2.05, 4.69) is 17.2 Å². The molecule has 2 atom stereocenters. The molecule has 0 unspecified atom stereocenters. The molecule has 7 heteroatoms. The Morgan fingerprint density at radius 1 is 1.21 bits per heavy atom. The van der Waals surface area contributed by atoms with Gasteiger partial charge in [-0.2, -0.15) is 0 Å². The molecule has 0 radical (unpaired) electrons. The number of carbonyl (C=O) groups is 2. The van der Waals surface area contributed by atoms with Crippen molar-refractivity contribution in [1.29, 1.82) is 0 Å². The fourth-order valence-corrected chi connectivity index (χ4v) is 5.54. The van der Waals surface area contributed by atoms with E-state index in [4.69, 9.17) is 0 Å². The van der Waals surface area contributed by atoms with E-state index in [-0.39, 0.29) is 16.7 Å². The van der Waals surface area contributed by atoms with Crippen molar-refractivity contribution in [2.24, 2.45) is 0 Å². The third-order valence-corrected chi connectivity index (χ3v) is 7.12. The van der Waals surface area contributed by atoms with Gasteiger partial charge in [0.05, 0.1) is 15.9 Å². The van der Waals surface area contributed by atoms with Gasteiger partial charge in [0.25, 0.3) is 0 Å². The number of hydrogen-bond donors (Lipinski definition) is 1. The van der Waals surface area contributed by atoms with Crippen LogP contribution < -0.4 is 5.32 Å². The van der Waals surface area contributed by atoms with E-state index in [1.165, 1.54) is 0 Å². The first kappa shape index (κ1) is 17.3. The lowest BCUT2D eigenvalue weighted by Gasteiger charge is -2.29. The molecular weight excluding hydrogens is 372 g/mol. The van der Waals surface area contributed by atoms with Gasteiger partial charge >= 0.3 is 0 Å². The summed E-state index contributed by atoms with van der Waals surface area (Å²) in [7, 11) is 0. The Bertz CT molecular complexity index is 1080. The van der Waals surface area contributed by atoms with Gasteiger partial charge in [0.2, 0.25) is 11.8 Å². The van der Waals surface area contributed by atoms with Gasteiger partial charge < -0.3 is 10.2 Å². The summed E-state index contributed by atoms with van der Waals surface area (Å²) in [5.74, 6) is 0.606. The number of carbonyl (C=O) groups excluding carboxylic acids is 2. The maximum atomic E-state index is 12.8. The quantitative estimate of drug-likeness (QED) is 0.742. The van der Waals surface area contributed by atoms with Crippen LogP contribution in [0.3, 0.4) is 0 Å². The number of fused-ring (bicyclic) bond motifs is 2. The molecule has 3 aromatic rings. The molecule has 0 aliphatic carbocycles. The first-order valence-electron chi connectivity index (χ1n) is 9.35. The summed E-state index contributed by atoms with van der Waals surface area (Å²) in [5, 5.41) is 2.97. The third kappa shape index (κ3) is 2.69. The second-order valence-electron chi connectivity index (χ2n) is 7.40. The Morgan fingerprint density at radius 3 is 2.82 bits per heavy atom. The summed E-state index contributed by atoms with van der Waals surface area (Å²) in [6, 6.07) is 15.2. The fraction of sp³-hybridized carbons (Fsp3) is 0.286. The Morgan fingerprint density at radius 2 is 2.00 bits per heavy atom.